The molecular weight excluding hydrogens is 240 g/mol. The Bertz CT molecular complexity index is 362. The van der Waals surface area contributed by atoms with Crippen LogP contribution in [0.2, 0.25) is 0 Å². The second-order valence-electron chi connectivity index (χ2n) is 8.80. The molecule has 0 aliphatic heterocycles. The van der Waals surface area contributed by atoms with Gasteiger partial charge in [0.15, 0.2) is 0 Å². The summed E-state index contributed by atoms with van der Waals surface area (Å²) < 4.78 is 0. The van der Waals surface area contributed by atoms with Gasteiger partial charge >= 0.3 is 0 Å². The van der Waals surface area contributed by atoms with E-state index in [1.54, 1.807) is 5.57 Å². The van der Waals surface area contributed by atoms with Crippen LogP contribution in [-0.4, -0.2) is 0 Å². The van der Waals surface area contributed by atoms with Crippen LogP contribution in [0.25, 0.3) is 0 Å². The maximum atomic E-state index is 2.55. The van der Waals surface area contributed by atoms with Gasteiger partial charge in [0, 0.05) is 0 Å². The quantitative estimate of drug-likeness (QED) is 0.454. The van der Waals surface area contributed by atoms with Crippen LogP contribution >= 0.6 is 0 Å². The fourth-order valence-electron chi connectivity index (χ4n) is 5.53. The second-order valence-corrected chi connectivity index (χ2v) is 8.80. The van der Waals surface area contributed by atoms with Crippen LogP contribution in [-0.2, 0) is 0 Å². The fraction of sp³-hybridized carbons (Fsp3) is 0.900. The molecule has 2 aliphatic rings. The van der Waals surface area contributed by atoms with Gasteiger partial charge in [0.1, 0.15) is 0 Å². The van der Waals surface area contributed by atoms with Crippen molar-refractivity contribution in [3.8, 4) is 0 Å². The third-order valence-corrected chi connectivity index (χ3v) is 6.88. The van der Waals surface area contributed by atoms with Crippen molar-refractivity contribution in [1.29, 1.82) is 0 Å². The Morgan fingerprint density at radius 1 is 0.950 bits per heavy atom. The van der Waals surface area contributed by atoms with Crippen molar-refractivity contribution in [2.75, 3.05) is 0 Å². The minimum Gasteiger partial charge on any atom is -0.0848 e. The van der Waals surface area contributed by atoms with Crippen LogP contribution in [0.15, 0.2) is 11.6 Å². The summed E-state index contributed by atoms with van der Waals surface area (Å²) in [5.41, 5.74) is 2.02. The summed E-state index contributed by atoms with van der Waals surface area (Å²) in [5, 5.41) is 0. The molecule has 2 rings (SSSR count). The third-order valence-electron chi connectivity index (χ3n) is 6.88. The maximum Gasteiger partial charge on any atom is -0.0114 e. The molecule has 0 N–H and O–H groups in total. The highest BCUT2D eigenvalue weighted by Gasteiger charge is 2.46. The van der Waals surface area contributed by atoms with Gasteiger partial charge in [0.05, 0.1) is 0 Å². The highest BCUT2D eigenvalue weighted by Crippen LogP contribution is 2.54. The summed E-state index contributed by atoms with van der Waals surface area (Å²) in [4.78, 5) is 0. The van der Waals surface area contributed by atoms with Gasteiger partial charge in [0.25, 0.3) is 0 Å². The summed E-state index contributed by atoms with van der Waals surface area (Å²) in [6, 6.07) is 0. The molecule has 6 atom stereocenters. The molecule has 0 amide bonds. The van der Waals surface area contributed by atoms with Crippen molar-refractivity contribution in [2.24, 2.45) is 40.9 Å². The van der Waals surface area contributed by atoms with E-state index >= 15 is 0 Å². The SMILES string of the molecule is CC1=CCC(C)C2C(C)CCC(C)CC(C)C2C1(C)C. The van der Waals surface area contributed by atoms with Gasteiger partial charge < -0.3 is 0 Å². The van der Waals surface area contributed by atoms with Crippen LogP contribution in [0.4, 0.5) is 0 Å². The molecule has 0 aromatic heterocycles. The highest BCUT2D eigenvalue weighted by molar-refractivity contribution is 5.16. The van der Waals surface area contributed by atoms with Gasteiger partial charge in [-0.1, -0.05) is 66.0 Å². The Kier molecular flexibility index (Phi) is 4.72. The zero-order chi connectivity index (χ0) is 15.1. The number of allylic oxidation sites excluding steroid dienone is 2. The lowest BCUT2D eigenvalue weighted by Crippen LogP contribution is -2.42. The van der Waals surface area contributed by atoms with E-state index in [0.717, 1.165) is 35.5 Å². The monoisotopic (exact) mass is 276 g/mol. The smallest absolute Gasteiger partial charge is 0.0114 e. The number of hydrogen-bond donors (Lipinski definition) is 0. The van der Waals surface area contributed by atoms with Gasteiger partial charge in [-0.3, -0.25) is 0 Å². The standard InChI is InChI=1S/C20H36/c1-13-8-9-14(2)18-15(3)10-11-17(5)20(6,7)19(18)16(4)12-13/h11,13-16,18-19H,8-10,12H2,1-7H3. The summed E-state index contributed by atoms with van der Waals surface area (Å²) >= 11 is 0. The van der Waals surface area contributed by atoms with Crippen LogP contribution in [0.1, 0.15) is 74.1 Å². The summed E-state index contributed by atoms with van der Waals surface area (Å²) in [6.07, 6.45) is 8.15. The normalized spacial score (nSPS) is 45.6. The third kappa shape index (κ3) is 2.85. The minimum atomic E-state index is 0.375. The fourth-order valence-corrected chi connectivity index (χ4v) is 5.53. The van der Waals surface area contributed by atoms with Crippen molar-refractivity contribution in [3.63, 3.8) is 0 Å². The Morgan fingerprint density at radius 3 is 2.25 bits per heavy atom. The first-order valence-corrected chi connectivity index (χ1v) is 8.92. The Labute approximate surface area is 127 Å². The molecule has 1 fully saturated rings. The number of fused-ring (bicyclic) bond motifs is 1. The van der Waals surface area contributed by atoms with Gasteiger partial charge in [-0.15, -0.1) is 0 Å². The Hall–Kier alpha value is -0.260. The van der Waals surface area contributed by atoms with E-state index in [-0.39, 0.29) is 0 Å². The molecule has 0 aromatic carbocycles. The van der Waals surface area contributed by atoms with E-state index in [0.29, 0.717) is 5.41 Å². The molecule has 0 heteroatoms. The molecule has 0 radical (unpaired) electrons. The summed E-state index contributed by atoms with van der Waals surface area (Å²) in [6.45, 7) is 17.5. The average Bonchev–Trinajstić information content (AvgIpc) is 2.44. The van der Waals surface area contributed by atoms with E-state index in [9.17, 15) is 0 Å². The van der Waals surface area contributed by atoms with Gasteiger partial charge in [-0.25, -0.2) is 0 Å². The second kappa shape index (κ2) is 5.85. The van der Waals surface area contributed by atoms with Crippen molar-refractivity contribution < 1.29 is 0 Å². The van der Waals surface area contributed by atoms with Crippen LogP contribution < -0.4 is 0 Å². The van der Waals surface area contributed by atoms with Gasteiger partial charge in [-0.2, -0.15) is 0 Å². The Morgan fingerprint density at radius 2 is 1.60 bits per heavy atom. The van der Waals surface area contributed by atoms with Crippen molar-refractivity contribution in [1.82, 2.24) is 0 Å². The van der Waals surface area contributed by atoms with Crippen LogP contribution in [0.5, 0.6) is 0 Å². The first-order valence-electron chi connectivity index (χ1n) is 8.92. The minimum absolute atomic E-state index is 0.375. The molecule has 2 aliphatic carbocycles. The molecule has 0 heterocycles. The molecule has 116 valence electrons. The predicted octanol–water partition coefficient (Wildman–Crippen LogP) is 6.32. The lowest BCUT2D eigenvalue weighted by molar-refractivity contribution is 0.0213. The van der Waals surface area contributed by atoms with Crippen molar-refractivity contribution in [2.45, 2.75) is 74.1 Å². The molecule has 0 spiro atoms. The van der Waals surface area contributed by atoms with Crippen LogP contribution in [0.3, 0.4) is 0 Å². The topological polar surface area (TPSA) is 0 Å². The molecule has 0 saturated heterocycles. The van der Waals surface area contributed by atoms with Crippen molar-refractivity contribution in [3.05, 3.63) is 11.6 Å². The summed E-state index contributed by atoms with van der Waals surface area (Å²) in [5.74, 6) is 5.26. The first kappa shape index (κ1) is 16.1. The molecular formula is C20H36. The van der Waals surface area contributed by atoms with E-state index in [1.807, 2.05) is 0 Å². The molecule has 0 aromatic rings. The Balaban J connectivity index is 2.43. The summed E-state index contributed by atoms with van der Waals surface area (Å²) in [7, 11) is 0. The van der Waals surface area contributed by atoms with Gasteiger partial charge in [0.2, 0.25) is 0 Å². The lowest BCUT2D eigenvalue weighted by Gasteiger charge is -2.49. The molecule has 0 nitrogen and oxygen atoms in total. The van der Waals surface area contributed by atoms with E-state index in [4.69, 9.17) is 0 Å². The van der Waals surface area contributed by atoms with Gasteiger partial charge in [-0.05, 0) is 60.7 Å². The highest BCUT2D eigenvalue weighted by atomic mass is 14.5. The lowest BCUT2D eigenvalue weighted by atomic mass is 9.56. The van der Waals surface area contributed by atoms with Crippen molar-refractivity contribution >= 4 is 0 Å². The molecule has 0 bridgehead atoms. The van der Waals surface area contributed by atoms with E-state index in [2.05, 4.69) is 54.5 Å². The number of rotatable bonds is 0. The largest absolute Gasteiger partial charge is 0.0848 e. The molecule has 6 unspecified atom stereocenters. The van der Waals surface area contributed by atoms with E-state index in [1.165, 1.54) is 25.7 Å². The average molecular weight is 277 g/mol. The zero-order valence-corrected chi connectivity index (χ0v) is 14.9. The number of hydrogen-bond acceptors (Lipinski definition) is 0. The van der Waals surface area contributed by atoms with Crippen LogP contribution in [0, 0.1) is 40.9 Å². The predicted molar refractivity (Wildman–Crippen MR) is 89.6 cm³/mol. The van der Waals surface area contributed by atoms with E-state index < -0.39 is 0 Å². The maximum absolute atomic E-state index is 2.55. The molecule has 1 saturated carbocycles. The first-order chi connectivity index (χ1) is 9.25. The zero-order valence-electron chi connectivity index (χ0n) is 14.9. The molecule has 20 heavy (non-hydrogen) atoms.